The summed E-state index contributed by atoms with van der Waals surface area (Å²) in [6.45, 7) is 7.92. The van der Waals surface area contributed by atoms with Crippen molar-refractivity contribution in [2.75, 3.05) is 12.4 Å². The van der Waals surface area contributed by atoms with E-state index in [9.17, 15) is 4.79 Å². The van der Waals surface area contributed by atoms with Gasteiger partial charge < -0.3 is 10.1 Å². The second-order valence-electron chi connectivity index (χ2n) is 5.31. The van der Waals surface area contributed by atoms with E-state index in [4.69, 9.17) is 4.74 Å². The fraction of sp³-hybridized carbons (Fsp3) is 0.353. The molecule has 0 aliphatic heterocycles. The molecule has 22 heavy (non-hydrogen) atoms. The van der Waals surface area contributed by atoms with Crippen molar-refractivity contribution >= 4 is 11.8 Å². The number of nitrogens with zero attached hydrogens (tertiary/aromatic N) is 2. The van der Waals surface area contributed by atoms with Crippen LogP contribution in [0, 0.1) is 20.8 Å². The Labute approximate surface area is 130 Å². The zero-order valence-corrected chi connectivity index (χ0v) is 13.6. The Balaban J connectivity index is 2.19. The maximum Gasteiger partial charge on any atom is 0.337 e. The van der Waals surface area contributed by atoms with E-state index in [1.54, 1.807) is 12.1 Å². The molecule has 2 aromatic rings. The second kappa shape index (κ2) is 6.56. The summed E-state index contributed by atoms with van der Waals surface area (Å²) in [4.78, 5) is 20.3. The van der Waals surface area contributed by atoms with Crippen molar-refractivity contribution in [3.63, 3.8) is 0 Å². The minimum atomic E-state index is -0.329. The third kappa shape index (κ3) is 3.42. The molecule has 0 saturated heterocycles. The summed E-state index contributed by atoms with van der Waals surface area (Å²) in [5, 5.41) is 3.40. The van der Waals surface area contributed by atoms with Crippen LogP contribution in [-0.2, 0) is 4.74 Å². The van der Waals surface area contributed by atoms with Gasteiger partial charge in [0, 0.05) is 17.3 Å². The van der Waals surface area contributed by atoms with Gasteiger partial charge in [0.15, 0.2) is 0 Å². The molecule has 0 amide bonds. The topological polar surface area (TPSA) is 64.1 Å². The second-order valence-corrected chi connectivity index (χ2v) is 5.31. The lowest BCUT2D eigenvalue weighted by Crippen LogP contribution is -2.11. The molecule has 0 unspecified atom stereocenters. The Morgan fingerprint density at radius 3 is 2.36 bits per heavy atom. The summed E-state index contributed by atoms with van der Waals surface area (Å²) < 4.78 is 4.70. The van der Waals surface area contributed by atoms with E-state index in [1.165, 1.54) is 7.11 Å². The molecule has 1 N–H and O–H groups in total. The standard InChI is InChI=1S/C17H21N3O2/c1-10-11(2)18-13(4)20-16(10)19-12(3)14-6-8-15(9-7-14)17(21)22-5/h6-9,12H,1-5H3,(H,18,19,20)/t12-/m0/s1. The lowest BCUT2D eigenvalue weighted by molar-refractivity contribution is 0.0600. The number of methoxy groups -OCH3 is 1. The molecule has 1 aromatic carbocycles. The lowest BCUT2D eigenvalue weighted by Gasteiger charge is -2.18. The molecule has 0 spiro atoms. The van der Waals surface area contributed by atoms with Crippen LogP contribution >= 0.6 is 0 Å². The van der Waals surface area contributed by atoms with Gasteiger partial charge in [-0.15, -0.1) is 0 Å². The maximum atomic E-state index is 11.5. The number of nitrogens with one attached hydrogen (secondary N) is 1. The fourth-order valence-corrected chi connectivity index (χ4v) is 2.22. The molecular weight excluding hydrogens is 278 g/mol. The highest BCUT2D eigenvalue weighted by molar-refractivity contribution is 5.89. The van der Waals surface area contributed by atoms with Crippen LogP contribution in [0.2, 0.25) is 0 Å². The van der Waals surface area contributed by atoms with E-state index in [0.29, 0.717) is 5.56 Å². The van der Waals surface area contributed by atoms with E-state index in [0.717, 1.165) is 28.5 Å². The number of anilines is 1. The van der Waals surface area contributed by atoms with Gasteiger partial charge in [-0.25, -0.2) is 14.8 Å². The summed E-state index contributed by atoms with van der Waals surface area (Å²) in [6, 6.07) is 7.44. The summed E-state index contributed by atoms with van der Waals surface area (Å²) in [7, 11) is 1.38. The van der Waals surface area contributed by atoms with Gasteiger partial charge in [0.25, 0.3) is 0 Å². The van der Waals surface area contributed by atoms with Crippen LogP contribution in [0.15, 0.2) is 24.3 Å². The predicted molar refractivity (Wildman–Crippen MR) is 86.1 cm³/mol. The average molecular weight is 299 g/mol. The number of benzene rings is 1. The molecule has 1 atom stereocenters. The van der Waals surface area contributed by atoms with Gasteiger partial charge in [-0.2, -0.15) is 0 Å². The molecule has 1 aromatic heterocycles. The van der Waals surface area contributed by atoms with Crippen LogP contribution < -0.4 is 5.32 Å². The van der Waals surface area contributed by atoms with Gasteiger partial charge in [0.1, 0.15) is 11.6 Å². The van der Waals surface area contributed by atoms with E-state index < -0.39 is 0 Å². The van der Waals surface area contributed by atoms with Crippen LogP contribution in [0.5, 0.6) is 0 Å². The minimum absolute atomic E-state index is 0.0686. The van der Waals surface area contributed by atoms with Crippen LogP contribution in [-0.4, -0.2) is 23.0 Å². The summed E-state index contributed by atoms with van der Waals surface area (Å²) >= 11 is 0. The molecule has 5 heteroatoms. The van der Waals surface area contributed by atoms with Crippen molar-refractivity contribution in [1.29, 1.82) is 0 Å². The van der Waals surface area contributed by atoms with Gasteiger partial charge >= 0.3 is 5.97 Å². The quantitative estimate of drug-likeness (QED) is 0.877. The first-order chi connectivity index (χ1) is 10.4. The molecule has 5 nitrogen and oxygen atoms in total. The smallest absolute Gasteiger partial charge is 0.337 e. The first-order valence-corrected chi connectivity index (χ1v) is 7.19. The number of carbonyl (C=O) groups excluding carboxylic acids is 1. The molecule has 2 rings (SSSR count). The Morgan fingerprint density at radius 1 is 1.14 bits per heavy atom. The zero-order valence-electron chi connectivity index (χ0n) is 13.6. The highest BCUT2D eigenvalue weighted by Crippen LogP contribution is 2.22. The van der Waals surface area contributed by atoms with E-state index in [1.807, 2.05) is 32.9 Å². The number of hydrogen-bond acceptors (Lipinski definition) is 5. The van der Waals surface area contributed by atoms with Gasteiger partial charge in [0.2, 0.25) is 0 Å². The monoisotopic (exact) mass is 299 g/mol. The first-order valence-electron chi connectivity index (χ1n) is 7.19. The van der Waals surface area contributed by atoms with Gasteiger partial charge in [-0.3, -0.25) is 0 Å². The molecule has 0 radical (unpaired) electrons. The minimum Gasteiger partial charge on any atom is -0.465 e. The Hall–Kier alpha value is -2.43. The highest BCUT2D eigenvalue weighted by atomic mass is 16.5. The van der Waals surface area contributed by atoms with Crippen LogP contribution in [0.25, 0.3) is 0 Å². The number of aromatic nitrogens is 2. The Bertz CT molecular complexity index is 681. The Morgan fingerprint density at radius 2 is 1.77 bits per heavy atom. The van der Waals surface area contributed by atoms with Crippen LogP contribution in [0.4, 0.5) is 5.82 Å². The third-order valence-corrected chi connectivity index (χ3v) is 3.69. The van der Waals surface area contributed by atoms with Crippen molar-refractivity contribution in [1.82, 2.24) is 9.97 Å². The number of aryl methyl sites for hydroxylation is 2. The number of hydrogen-bond donors (Lipinski definition) is 1. The SMILES string of the molecule is COC(=O)c1ccc([C@H](C)Nc2nc(C)nc(C)c2C)cc1. The molecule has 0 aliphatic carbocycles. The molecule has 116 valence electrons. The van der Waals surface area contributed by atoms with Gasteiger partial charge in [0.05, 0.1) is 12.7 Å². The highest BCUT2D eigenvalue weighted by Gasteiger charge is 2.12. The van der Waals surface area contributed by atoms with Crippen molar-refractivity contribution in [3.8, 4) is 0 Å². The van der Waals surface area contributed by atoms with Crippen LogP contribution in [0.3, 0.4) is 0 Å². The maximum absolute atomic E-state index is 11.5. The fourth-order valence-electron chi connectivity index (χ4n) is 2.22. The third-order valence-electron chi connectivity index (χ3n) is 3.69. The Kier molecular flexibility index (Phi) is 4.75. The summed E-state index contributed by atoms with van der Waals surface area (Å²) in [5.41, 5.74) is 3.64. The zero-order chi connectivity index (χ0) is 16.3. The molecule has 1 heterocycles. The van der Waals surface area contributed by atoms with E-state index >= 15 is 0 Å². The summed E-state index contributed by atoms with van der Waals surface area (Å²) in [6.07, 6.45) is 0. The number of carbonyl (C=O) groups is 1. The van der Waals surface area contributed by atoms with Crippen molar-refractivity contribution < 1.29 is 9.53 Å². The average Bonchev–Trinajstić information content (AvgIpc) is 2.51. The molecule has 0 saturated carbocycles. The van der Waals surface area contributed by atoms with Crippen molar-refractivity contribution in [2.45, 2.75) is 33.7 Å². The normalized spacial score (nSPS) is 11.9. The number of esters is 1. The summed E-state index contributed by atoms with van der Waals surface area (Å²) in [5.74, 6) is 1.26. The number of ether oxygens (including phenoxy) is 1. The molecule has 0 aliphatic rings. The van der Waals surface area contributed by atoms with E-state index in [-0.39, 0.29) is 12.0 Å². The van der Waals surface area contributed by atoms with Crippen LogP contribution in [0.1, 0.15) is 46.0 Å². The van der Waals surface area contributed by atoms with Gasteiger partial charge in [-0.05, 0) is 45.4 Å². The largest absolute Gasteiger partial charge is 0.465 e. The molecular formula is C17H21N3O2. The predicted octanol–water partition coefficient (Wildman–Crippen LogP) is 3.36. The number of rotatable bonds is 4. The molecule has 0 fully saturated rings. The lowest BCUT2D eigenvalue weighted by atomic mass is 10.1. The van der Waals surface area contributed by atoms with Crippen molar-refractivity contribution in [3.05, 3.63) is 52.5 Å². The van der Waals surface area contributed by atoms with Gasteiger partial charge in [-0.1, -0.05) is 12.1 Å². The van der Waals surface area contributed by atoms with Crippen molar-refractivity contribution in [2.24, 2.45) is 0 Å². The van der Waals surface area contributed by atoms with E-state index in [2.05, 4.69) is 22.2 Å². The first kappa shape index (κ1) is 15.9. The molecule has 0 bridgehead atoms.